The van der Waals surface area contributed by atoms with Crippen molar-refractivity contribution in [3.63, 3.8) is 0 Å². The van der Waals surface area contributed by atoms with Crippen molar-refractivity contribution in [1.29, 1.82) is 0 Å². The number of nitrogens with zero attached hydrogens (tertiary/aromatic N) is 1. The Hall–Kier alpha value is -1.77. The second-order valence-corrected chi connectivity index (χ2v) is 3.19. The Morgan fingerprint density at radius 3 is 3.07 bits per heavy atom. The zero-order valence-corrected chi connectivity index (χ0v) is 8.12. The third kappa shape index (κ3) is 1.93. The van der Waals surface area contributed by atoms with Gasteiger partial charge in [0.2, 0.25) is 0 Å². The number of nitrogens with one attached hydrogen (secondary N) is 2. The molecule has 2 aromatic rings. The molecule has 1 aromatic carbocycles. The van der Waals surface area contributed by atoms with Gasteiger partial charge in [0.05, 0.1) is 12.0 Å². The summed E-state index contributed by atoms with van der Waals surface area (Å²) in [5, 5.41) is 3.12. The summed E-state index contributed by atoms with van der Waals surface area (Å²) < 4.78 is 0. The van der Waals surface area contributed by atoms with Gasteiger partial charge in [0.1, 0.15) is 0 Å². The van der Waals surface area contributed by atoms with E-state index >= 15 is 0 Å². The first-order chi connectivity index (χ1) is 6.88. The van der Waals surface area contributed by atoms with Crippen LogP contribution in [0.25, 0.3) is 0 Å². The maximum atomic E-state index is 4.19. The van der Waals surface area contributed by atoms with Crippen LogP contribution in [0.5, 0.6) is 0 Å². The van der Waals surface area contributed by atoms with Gasteiger partial charge in [-0.05, 0) is 17.7 Å². The summed E-state index contributed by atoms with van der Waals surface area (Å²) in [6.45, 7) is 0. The Balaban J connectivity index is 2.17. The van der Waals surface area contributed by atoms with Gasteiger partial charge in [0.15, 0.2) is 0 Å². The molecule has 0 aliphatic rings. The summed E-state index contributed by atoms with van der Waals surface area (Å²) >= 11 is 0. The normalized spacial score (nSPS) is 10.1. The zero-order chi connectivity index (χ0) is 9.80. The average molecular weight is 187 g/mol. The summed E-state index contributed by atoms with van der Waals surface area (Å²) in [7, 11) is 1.92. The molecule has 3 nitrogen and oxygen atoms in total. The van der Waals surface area contributed by atoms with Crippen molar-refractivity contribution >= 4 is 5.69 Å². The van der Waals surface area contributed by atoms with Crippen LogP contribution in [0.2, 0.25) is 0 Å². The molecule has 0 bridgehead atoms. The van der Waals surface area contributed by atoms with Crippen LogP contribution in [0.15, 0.2) is 36.8 Å². The molecule has 2 rings (SSSR count). The van der Waals surface area contributed by atoms with Gasteiger partial charge in [-0.25, -0.2) is 4.98 Å². The predicted molar refractivity (Wildman–Crippen MR) is 57.4 cm³/mol. The lowest BCUT2D eigenvalue weighted by Crippen LogP contribution is -1.91. The van der Waals surface area contributed by atoms with Crippen molar-refractivity contribution in [1.82, 2.24) is 9.97 Å². The Bertz CT molecular complexity index is 393. The van der Waals surface area contributed by atoms with Gasteiger partial charge in [-0.2, -0.15) is 0 Å². The fourth-order valence-electron chi connectivity index (χ4n) is 1.43. The Morgan fingerprint density at radius 2 is 2.36 bits per heavy atom. The molecule has 0 fully saturated rings. The maximum Gasteiger partial charge on any atom is 0.0923 e. The molecule has 2 N–H and O–H groups in total. The number of aromatic nitrogens is 2. The number of H-pyrrole nitrogens is 1. The van der Waals surface area contributed by atoms with Crippen molar-refractivity contribution in [2.24, 2.45) is 0 Å². The number of benzene rings is 1. The average Bonchev–Trinajstić information content (AvgIpc) is 2.71. The lowest BCUT2D eigenvalue weighted by molar-refractivity contribution is 1.11. The third-order valence-corrected chi connectivity index (χ3v) is 2.16. The highest BCUT2D eigenvalue weighted by Gasteiger charge is 1.98. The SMILES string of the molecule is CNc1cccc(Cc2c[nH]cn2)c1. The smallest absolute Gasteiger partial charge is 0.0923 e. The minimum atomic E-state index is 0.874. The molecule has 0 amide bonds. The summed E-state index contributed by atoms with van der Waals surface area (Å²) in [5.41, 5.74) is 3.47. The number of hydrogen-bond donors (Lipinski definition) is 2. The first-order valence-electron chi connectivity index (χ1n) is 4.63. The second kappa shape index (κ2) is 3.96. The molecule has 0 radical (unpaired) electrons. The van der Waals surface area contributed by atoms with Crippen molar-refractivity contribution in [2.45, 2.75) is 6.42 Å². The highest BCUT2D eigenvalue weighted by Crippen LogP contribution is 2.12. The van der Waals surface area contributed by atoms with Gasteiger partial charge in [0.25, 0.3) is 0 Å². The van der Waals surface area contributed by atoms with Gasteiger partial charge in [-0.1, -0.05) is 12.1 Å². The molecule has 1 aromatic heterocycles. The van der Waals surface area contributed by atoms with Gasteiger partial charge >= 0.3 is 0 Å². The molecule has 3 heteroatoms. The van der Waals surface area contributed by atoms with E-state index in [0.29, 0.717) is 0 Å². The van der Waals surface area contributed by atoms with E-state index in [2.05, 4.69) is 27.4 Å². The quantitative estimate of drug-likeness (QED) is 0.772. The van der Waals surface area contributed by atoms with E-state index in [0.717, 1.165) is 17.8 Å². The molecule has 0 unspecified atom stereocenters. The summed E-state index contributed by atoms with van der Waals surface area (Å²) in [4.78, 5) is 7.14. The number of rotatable bonds is 3. The standard InChI is InChI=1S/C11H13N3/c1-12-10-4-2-3-9(5-10)6-11-7-13-8-14-11/h2-5,7-8,12H,6H2,1H3,(H,13,14). The molecule has 14 heavy (non-hydrogen) atoms. The topological polar surface area (TPSA) is 40.7 Å². The van der Waals surface area contributed by atoms with Crippen LogP contribution in [-0.4, -0.2) is 17.0 Å². The van der Waals surface area contributed by atoms with Gasteiger partial charge in [0, 0.05) is 25.4 Å². The Labute approximate surface area is 83.2 Å². The second-order valence-electron chi connectivity index (χ2n) is 3.19. The van der Waals surface area contributed by atoms with E-state index in [-0.39, 0.29) is 0 Å². The zero-order valence-electron chi connectivity index (χ0n) is 8.12. The van der Waals surface area contributed by atoms with E-state index in [1.807, 2.05) is 25.4 Å². The Morgan fingerprint density at radius 1 is 1.43 bits per heavy atom. The maximum absolute atomic E-state index is 4.19. The molecule has 0 spiro atoms. The minimum absolute atomic E-state index is 0.874. The summed E-state index contributed by atoms with van der Waals surface area (Å²) in [6, 6.07) is 8.34. The first kappa shape index (κ1) is 8.81. The molecule has 0 atom stereocenters. The highest BCUT2D eigenvalue weighted by atomic mass is 14.9. The van der Waals surface area contributed by atoms with Crippen LogP contribution in [0, 0.1) is 0 Å². The lowest BCUT2D eigenvalue weighted by atomic mass is 10.1. The fourth-order valence-corrected chi connectivity index (χ4v) is 1.43. The number of anilines is 1. The van der Waals surface area contributed by atoms with Crippen LogP contribution >= 0.6 is 0 Å². The van der Waals surface area contributed by atoms with Crippen molar-refractivity contribution < 1.29 is 0 Å². The largest absolute Gasteiger partial charge is 0.388 e. The van der Waals surface area contributed by atoms with E-state index in [1.54, 1.807) is 6.33 Å². The van der Waals surface area contributed by atoms with E-state index in [4.69, 9.17) is 0 Å². The van der Waals surface area contributed by atoms with Crippen molar-refractivity contribution in [3.05, 3.63) is 48.0 Å². The van der Waals surface area contributed by atoms with Crippen LogP contribution in [0.3, 0.4) is 0 Å². The number of hydrogen-bond acceptors (Lipinski definition) is 2. The van der Waals surface area contributed by atoms with Crippen LogP contribution in [0.1, 0.15) is 11.3 Å². The van der Waals surface area contributed by atoms with Crippen LogP contribution < -0.4 is 5.32 Å². The van der Waals surface area contributed by atoms with Crippen molar-refractivity contribution in [3.8, 4) is 0 Å². The molecule has 0 saturated heterocycles. The molecular weight excluding hydrogens is 174 g/mol. The van der Waals surface area contributed by atoms with E-state index < -0.39 is 0 Å². The third-order valence-electron chi connectivity index (χ3n) is 2.16. The van der Waals surface area contributed by atoms with E-state index in [9.17, 15) is 0 Å². The molecule has 1 heterocycles. The summed E-state index contributed by atoms with van der Waals surface area (Å²) in [6.07, 6.45) is 4.50. The van der Waals surface area contributed by atoms with Gasteiger partial charge in [-0.3, -0.25) is 0 Å². The number of aromatic amines is 1. The van der Waals surface area contributed by atoms with Gasteiger partial charge < -0.3 is 10.3 Å². The van der Waals surface area contributed by atoms with Crippen LogP contribution in [-0.2, 0) is 6.42 Å². The molecule has 0 aliphatic heterocycles. The molecular formula is C11H13N3. The van der Waals surface area contributed by atoms with Crippen molar-refractivity contribution in [2.75, 3.05) is 12.4 Å². The first-order valence-corrected chi connectivity index (χ1v) is 4.63. The van der Waals surface area contributed by atoms with Crippen LogP contribution in [0.4, 0.5) is 5.69 Å². The monoisotopic (exact) mass is 187 g/mol. The molecule has 0 saturated carbocycles. The fraction of sp³-hybridized carbons (Fsp3) is 0.182. The minimum Gasteiger partial charge on any atom is -0.388 e. The number of imidazole rings is 1. The highest BCUT2D eigenvalue weighted by molar-refractivity contribution is 5.45. The Kier molecular flexibility index (Phi) is 2.49. The predicted octanol–water partition coefficient (Wildman–Crippen LogP) is 2.04. The molecule has 0 aliphatic carbocycles. The van der Waals surface area contributed by atoms with E-state index in [1.165, 1.54) is 5.56 Å². The summed E-state index contributed by atoms with van der Waals surface area (Å²) in [5.74, 6) is 0. The lowest BCUT2D eigenvalue weighted by Gasteiger charge is -2.02. The van der Waals surface area contributed by atoms with Gasteiger partial charge in [-0.15, -0.1) is 0 Å². The molecule has 72 valence electrons.